The molecule has 0 atom stereocenters. The van der Waals surface area contributed by atoms with Crippen LogP contribution in [0.4, 0.5) is 0 Å². The Balaban J connectivity index is 2.45. The quantitative estimate of drug-likeness (QED) is 0.794. The molecule has 0 saturated heterocycles. The van der Waals surface area contributed by atoms with E-state index in [0.717, 1.165) is 12.1 Å². The van der Waals surface area contributed by atoms with Crippen molar-refractivity contribution in [3.8, 4) is 5.75 Å². The van der Waals surface area contributed by atoms with E-state index in [1.165, 1.54) is 0 Å². The number of benzene rings is 1. The van der Waals surface area contributed by atoms with Crippen LogP contribution in [-0.4, -0.2) is 19.2 Å². The van der Waals surface area contributed by atoms with Crippen molar-refractivity contribution >= 4 is 23.2 Å². The highest BCUT2D eigenvalue weighted by Gasteiger charge is 2.05. The van der Waals surface area contributed by atoms with Gasteiger partial charge in [-0.3, -0.25) is 0 Å². The third-order valence-corrected chi connectivity index (χ3v) is 2.91. The Hall–Kier alpha value is -0.700. The van der Waals surface area contributed by atoms with E-state index < -0.39 is 0 Å². The van der Waals surface area contributed by atoms with Crippen LogP contribution in [0.5, 0.6) is 5.75 Å². The van der Waals surface area contributed by atoms with Crippen molar-refractivity contribution in [2.45, 2.75) is 19.9 Å². The summed E-state index contributed by atoms with van der Waals surface area (Å²) in [6.45, 7) is 9.26. The van der Waals surface area contributed by atoms with Crippen LogP contribution < -0.4 is 10.1 Å². The van der Waals surface area contributed by atoms with E-state index in [1.54, 1.807) is 18.2 Å². The van der Waals surface area contributed by atoms with Crippen molar-refractivity contribution in [2.24, 2.45) is 0 Å². The Bertz CT molecular complexity index is 391. The molecule has 1 N–H and O–H groups in total. The standard InChI is InChI=1S/C13H17Cl2NO/c1-9(2)16-7-10(3)8-17-12-6-4-5-11(14)13(12)15/h4-6,9,16H,3,7-8H2,1-2H3. The van der Waals surface area contributed by atoms with Crippen LogP contribution in [0.25, 0.3) is 0 Å². The lowest BCUT2D eigenvalue weighted by Gasteiger charge is -2.12. The highest BCUT2D eigenvalue weighted by atomic mass is 35.5. The van der Waals surface area contributed by atoms with Gasteiger partial charge in [0.25, 0.3) is 0 Å². The highest BCUT2D eigenvalue weighted by Crippen LogP contribution is 2.31. The molecule has 0 aliphatic rings. The molecule has 1 aromatic rings. The Morgan fingerprint density at radius 2 is 2.12 bits per heavy atom. The average Bonchev–Trinajstić information content (AvgIpc) is 2.28. The Labute approximate surface area is 113 Å². The van der Waals surface area contributed by atoms with Gasteiger partial charge < -0.3 is 10.1 Å². The van der Waals surface area contributed by atoms with Crippen molar-refractivity contribution in [2.75, 3.05) is 13.2 Å². The van der Waals surface area contributed by atoms with E-state index in [0.29, 0.717) is 28.4 Å². The monoisotopic (exact) mass is 273 g/mol. The number of nitrogens with one attached hydrogen (secondary N) is 1. The van der Waals surface area contributed by atoms with Gasteiger partial charge in [-0.15, -0.1) is 0 Å². The van der Waals surface area contributed by atoms with Gasteiger partial charge in [-0.25, -0.2) is 0 Å². The zero-order chi connectivity index (χ0) is 12.8. The van der Waals surface area contributed by atoms with E-state index in [2.05, 4.69) is 25.7 Å². The van der Waals surface area contributed by atoms with Crippen LogP contribution in [0.15, 0.2) is 30.4 Å². The smallest absolute Gasteiger partial charge is 0.139 e. The number of hydrogen-bond acceptors (Lipinski definition) is 2. The minimum atomic E-state index is 0.430. The van der Waals surface area contributed by atoms with Crippen LogP contribution in [0.2, 0.25) is 10.0 Å². The van der Waals surface area contributed by atoms with Gasteiger partial charge in [0.05, 0.1) is 5.02 Å². The molecule has 0 aromatic heterocycles. The molecule has 0 aliphatic carbocycles. The normalized spacial score (nSPS) is 10.6. The molecule has 0 unspecified atom stereocenters. The van der Waals surface area contributed by atoms with E-state index in [1.807, 2.05) is 0 Å². The lowest BCUT2D eigenvalue weighted by atomic mass is 10.3. The van der Waals surface area contributed by atoms with Gasteiger partial charge in [0, 0.05) is 12.6 Å². The lowest BCUT2D eigenvalue weighted by molar-refractivity contribution is 0.347. The molecule has 4 heteroatoms. The fourth-order valence-corrected chi connectivity index (χ4v) is 1.52. The summed E-state index contributed by atoms with van der Waals surface area (Å²) in [5, 5.41) is 4.21. The second-order valence-corrected chi connectivity index (χ2v) is 4.91. The molecule has 0 radical (unpaired) electrons. The molecule has 94 valence electrons. The summed E-state index contributed by atoms with van der Waals surface area (Å²) < 4.78 is 5.56. The third-order valence-electron chi connectivity index (χ3n) is 2.11. The van der Waals surface area contributed by atoms with Gasteiger partial charge in [-0.05, 0) is 17.7 Å². The van der Waals surface area contributed by atoms with Crippen molar-refractivity contribution in [1.82, 2.24) is 5.32 Å². The summed E-state index contributed by atoms with van der Waals surface area (Å²) in [7, 11) is 0. The molecule has 0 amide bonds. The van der Waals surface area contributed by atoms with E-state index >= 15 is 0 Å². The molecule has 0 heterocycles. The third kappa shape index (κ3) is 4.99. The number of halogens is 2. The first-order valence-corrected chi connectivity index (χ1v) is 6.23. The fraction of sp³-hybridized carbons (Fsp3) is 0.385. The first-order valence-electron chi connectivity index (χ1n) is 5.47. The average molecular weight is 274 g/mol. The first kappa shape index (κ1) is 14.4. The van der Waals surface area contributed by atoms with Gasteiger partial charge in [0.2, 0.25) is 0 Å². The van der Waals surface area contributed by atoms with Gasteiger partial charge in [0.1, 0.15) is 17.4 Å². The van der Waals surface area contributed by atoms with Crippen LogP contribution in [0.3, 0.4) is 0 Å². The van der Waals surface area contributed by atoms with Crippen molar-refractivity contribution in [3.05, 3.63) is 40.4 Å². The lowest BCUT2D eigenvalue weighted by Crippen LogP contribution is -2.26. The topological polar surface area (TPSA) is 21.3 Å². The zero-order valence-corrected chi connectivity index (χ0v) is 11.6. The predicted molar refractivity (Wildman–Crippen MR) is 74.2 cm³/mol. The molecule has 0 spiro atoms. The molecule has 1 rings (SSSR count). The summed E-state index contributed by atoms with van der Waals surface area (Å²) in [6.07, 6.45) is 0. The Morgan fingerprint density at radius 1 is 1.41 bits per heavy atom. The van der Waals surface area contributed by atoms with E-state index in [9.17, 15) is 0 Å². The van der Waals surface area contributed by atoms with Gasteiger partial charge in [0.15, 0.2) is 0 Å². The molecule has 0 bridgehead atoms. The maximum absolute atomic E-state index is 6.00. The molecule has 17 heavy (non-hydrogen) atoms. The maximum Gasteiger partial charge on any atom is 0.139 e. The number of rotatable bonds is 6. The summed E-state index contributed by atoms with van der Waals surface area (Å²) in [4.78, 5) is 0. The highest BCUT2D eigenvalue weighted by molar-refractivity contribution is 6.42. The summed E-state index contributed by atoms with van der Waals surface area (Å²) in [5.41, 5.74) is 0.967. The SMILES string of the molecule is C=C(CNC(C)C)COc1cccc(Cl)c1Cl. The van der Waals surface area contributed by atoms with Crippen molar-refractivity contribution in [1.29, 1.82) is 0 Å². The minimum absolute atomic E-state index is 0.430. The fourth-order valence-electron chi connectivity index (χ4n) is 1.17. The van der Waals surface area contributed by atoms with E-state index in [4.69, 9.17) is 27.9 Å². The molecular formula is C13H17Cl2NO. The molecule has 1 aromatic carbocycles. The number of ether oxygens (including phenoxy) is 1. The molecule has 0 saturated carbocycles. The van der Waals surface area contributed by atoms with Gasteiger partial charge in [-0.2, -0.15) is 0 Å². The zero-order valence-electron chi connectivity index (χ0n) is 10.1. The second kappa shape index (κ2) is 6.90. The molecule has 0 fully saturated rings. The summed E-state index contributed by atoms with van der Waals surface area (Å²) >= 11 is 11.9. The van der Waals surface area contributed by atoms with Crippen LogP contribution in [0.1, 0.15) is 13.8 Å². The summed E-state index contributed by atoms with van der Waals surface area (Å²) in [5.74, 6) is 0.588. The van der Waals surface area contributed by atoms with E-state index in [-0.39, 0.29) is 0 Å². The second-order valence-electron chi connectivity index (χ2n) is 4.13. The minimum Gasteiger partial charge on any atom is -0.488 e. The maximum atomic E-state index is 6.00. The Morgan fingerprint density at radius 3 is 2.76 bits per heavy atom. The first-order chi connectivity index (χ1) is 8.00. The van der Waals surface area contributed by atoms with Gasteiger partial charge in [-0.1, -0.05) is 49.7 Å². The number of hydrogen-bond donors (Lipinski definition) is 1. The van der Waals surface area contributed by atoms with Gasteiger partial charge >= 0.3 is 0 Å². The van der Waals surface area contributed by atoms with Crippen molar-refractivity contribution < 1.29 is 4.74 Å². The van der Waals surface area contributed by atoms with Crippen LogP contribution in [-0.2, 0) is 0 Å². The molecular weight excluding hydrogens is 257 g/mol. The summed E-state index contributed by atoms with van der Waals surface area (Å²) in [6, 6.07) is 5.75. The largest absolute Gasteiger partial charge is 0.488 e. The van der Waals surface area contributed by atoms with Crippen LogP contribution in [0, 0.1) is 0 Å². The molecule has 0 aliphatic heterocycles. The van der Waals surface area contributed by atoms with Crippen LogP contribution >= 0.6 is 23.2 Å². The predicted octanol–water partition coefficient (Wildman–Crippen LogP) is 3.93. The van der Waals surface area contributed by atoms with Crippen molar-refractivity contribution in [3.63, 3.8) is 0 Å². The Kier molecular flexibility index (Phi) is 5.83. The molecule has 2 nitrogen and oxygen atoms in total.